The van der Waals surface area contributed by atoms with Crippen LogP contribution in [0.15, 0.2) is 60.7 Å². The van der Waals surface area contributed by atoms with Crippen molar-refractivity contribution in [3.8, 4) is 0 Å². The van der Waals surface area contributed by atoms with Crippen molar-refractivity contribution in [2.45, 2.75) is 6.54 Å². The van der Waals surface area contributed by atoms with E-state index in [-0.39, 0.29) is 5.91 Å². The van der Waals surface area contributed by atoms with E-state index < -0.39 is 0 Å². The zero-order chi connectivity index (χ0) is 15.5. The number of pyridine rings is 1. The Hall–Kier alpha value is -2.39. The summed E-state index contributed by atoms with van der Waals surface area (Å²) in [7, 11) is 1.79. The van der Waals surface area contributed by atoms with Crippen LogP contribution in [0.2, 0.25) is 5.15 Å². The lowest BCUT2D eigenvalue weighted by molar-refractivity contribution is 0.0787. The molecule has 1 heterocycles. The van der Waals surface area contributed by atoms with Crippen LogP contribution in [0.3, 0.4) is 0 Å². The van der Waals surface area contributed by atoms with Crippen LogP contribution in [0.1, 0.15) is 15.9 Å². The molecule has 0 unspecified atom stereocenters. The van der Waals surface area contributed by atoms with Crippen molar-refractivity contribution in [2.75, 3.05) is 7.05 Å². The van der Waals surface area contributed by atoms with Crippen molar-refractivity contribution in [3.05, 3.63) is 76.9 Å². The predicted molar refractivity (Wildman–Crippen MR) is 89.0 cm³/mol. The van der Waals surface area contributed by atoms with Crippen LogP contribution >= 0.6 is 11.6 Å². The van der Waals surface area contributed by atoms with Crippen molar-refractivity contribution in [3.63, 3.8) is 0 Å². The van der Waals surface area contributed by atoms with Gasteiger partial charge in [0, 0.05) is 19.0 Å². The summed E-state index contributed by atoms with van der Waals surface area (Å²) in [4.78, 5) is 18.7. The molecular formula is C18H15ClN2O. The molecule has 0 aliphatic rings. The summed E-state index contributed by atoms with van der Waals surface area (Å²) in [5.41, 5.74) is 2.39. The third-order valence-electron chi connectivity index (χ3n) is 3.52. The van der Waals surface area contributed by atoms with Crippen LogP contribution in [0.5, 0.6) is 0 Å². The zero-order valence-electron chi connectivity index (χ0n) is 12.2. The van der Waals surface area contributed by atoms with Gasteiger partial charge < -0.3 is 4.90 Å². The minimum absolute atomic E-state index is 0.0654. The maximum atomic E-state index is 12.8. The van der Waals surface area contributed by atoms with Crippen molar-refractivity contribution in [2.24, 2.45) is 0 Å². The minimum atomic E-state index is -0.0654. The van der Waals surface area contributed by atoms with E-state index in [1.165, 1.54) is 0 Å². The third kappa shape index (κ3) is 2.95. The highest BCUT2D eigenvalue weighted by Gasteiger charge is 2.16. The quantitative estimate of drug-likeness (QED) is 0.681. The van der Waals surface area contributed by atoms with Crippen molar-refractivity contribution in [1.82, 2.24) is 9.88 Å². The molecule has 22 heavy (non-hydrogen) atoms. The maximum absolute atomic E-state index is 12.8. The third-order valence-corrected chi connectivity index (χ3v) is 3.72. The van der Waals surface area contributed by atoms with Gasteiger partial charge in [-0.2, -0.15) is 0 Å². The van der Waals surface area contributed by atoms with Gasteiger partial charge in [-0.25, -0.2) is 4.98 Å². The molecule has 0 aliphatic heterocycles. The number of hydrogen-bond acceptors (Lipinski definition) is 2. The van der Waals surface area contributed by atoms with Gasteiger partial charge >= 0.3 is 0 Å². The molecule has 0 spiro atoms. The monoisotopic (exact) mass is 310 g/mol. The second kappa shape index (κ2) is 6.16. The molecule has 1 amide bonds. The molecular weight excluding hydrogens is 296 g/mol. The zero-order valence-corrected chi connectivity index (χ0v) is 12.9. The average Bonchev–Trinajstić information content (AvgIpc) is 2.54. The molecule has 3 aromatic rings. The van der Waals surface area contributed by atoms with Gasteiger partial charge in [-0.15, -0.1) is 0 Å². The Kier molecular flexibility index (Phi) is 4.07. The summed E-state index contributed by atoms with van der Waals surface area (Å²) in [6, 6.07) is 19.0. The number of fused-ring (bicyclic) bond motifs is 1. The van der Waals surface area contributed by atoms with E-state index in [0.29, 0.717) is 17.3 Å². The molecule has 0 fully saturated rings. The van der Waals surface area contributed by atoms with E-state index >= 15 is 0 Å². The van der Waals surface area contributed by atoms with E-state index in [1.54, 1.807) is 18.0 Å². The van der Waals surface area contributed by atoms with Crippen LogP contribution in [0, 0.1) is 0 Å². The Labute approximate surface area is 134 Å². The topological polar surface area (TPSA) is 33.2 Å². The summed E-state index contributed by atoms with van der Waals surface area (Å²) in [6.45, 7) is 0.550. The molecule has 2 aromatic carbocycles. The van der Waals surface area contributed by atoms with Crippen molar-refractivity contribution in [1.29, 1.82) is 0 Å². The standard InChI is InChI=1S/C18H15ClN2O/c1-21(12-13-7-3-2-4-8-13)18(22)15-11-17(19)20-16-10-6-5-9-14(15)16/h2-11H,12H2,1H3. The second-order valence-electron chi connectivity index (χ2n) is 5.16. The molecule has 0 radical (unpaired) electrons. The number of aromatic nitrogens is 1. The lowest BCUT2D eigenvalue weighted by Crippen LogP contribution is -2.26. The highest BCUT2D eigenvalue weighted by Crippen LogP contribution is 2.22. The molecule has 0 N–H and O–H groups in total. The summed E-state index contributed by atoms with van der Waals surface area (Å²) in [6.07, 6.45) is 0. The van der Waals surface area contributed by atoms with Gasteiger partial charge in [0.25, 0.3) is 5.91 Å². The molecule has 0 saturated carbocycles. The van der Waals surface area contributed by atoms with Crippen LogP contribution in [0.25, 0.3) is 10.9 Å². The van der Waals surface area contributed by atoms with Crippen LogP contribution in [-0.4, -0.2) is 22.8 Å². The molecule has 110 valence electrons. The van der Waals surface area contributed by atoms with Gasteiger partial charge in [-0.1, -0.05) is 60.1 Å². The minimum Gasteiger partial charge on any atom is -0.337 e. The Morgan fingerprint density at radius 2 is 1.77 bits per heavy atom. The number of nitrogens with zero attached hydrogens (tertiary/aromatic N) is 2. The second-order valence-corrected chi connectivity index (χ2v) is 5.54. The lowest BCUT2D eigenvalue weighted by Gasteiger charge is -2.18. The summed E-state index contributed by atoms with van der Waals surface area (Å²) < 4.78 is 0. The van der Waals surface area contributed by atoms with E-state index in [2.05, 4.69) is 4.98 Å². The number of rotatable bonds is 3. The van der Waals surface area contributed by atoms with Gasteiger partial charge in [0.1, 0.15) is 5.15 Å². The lowest BCUT2D eigenvalue weighted by atomic mass is 10.1. The Morgan fingerprint density at radius 3 is 2.55 bits per heavy atom. The first-order valence-electron chi connectivity index (χ1n) is 7.00. The van der Waals surface area contributed by atoms with E-state index in [4.69, 9.17) is 11.6 Å². The molecule has 1 aromatic heterocycles. The summed E-state index contributed by atoms with van der Waals surface area (Å²) in [5, 5.41) is 1.15. The van der Waals surface area contributed by atoms with Crippen molar-refractivity contribution >= 4 is 28.4 Å². The fourth-order valence-electron chi connectivity index (χ4n) is 2.45. The SMILES string of the molecule is CN(Cc1ccccc1)C(=O)c1cc(Cl)nc2ccccc12. The molecule has 0 atom stereocenters. The molecule has 0 bridgehead atoms. The van der Waals surface area contributed by atoms with Gasteiger partial charge in [0.2, 0.25) is 0 Å². The van der Waals surface area contributed by atoms with E-state index in [9.17, 15) is 4.79 Å². The molecule has 4 heteroatoms. The number of halogens is 1. The van der Waals surface area contributed by atoms with Gasteiger partial charge in [-0.3, -0.25) is 4.79 Å². The van der Waals surface area contributed by atoms with E-state index in [0.717, 1.165) is 16.5 Å². The van der Waals surface area contributed by atoms with E-state index in [1.807, 2.05) is 54.6 Å². The predicted octanol–water partition coefficient (Wildman–Crippen LogP) is 4.16. The Morgan fingerprint density at radius 1 is 1.09 bits per heavy atom. The largest absolute Gasteiger partial charge is 0.337 e. The normalized spacial score (nSPS) is 10.6. The van der Waals surface area contributed by atoms with Gasteiger partial charge in [-0.05, 0) is 17.7 Å². The number of benzene rings is 2. The Balaban J connectivity index is 1.95. The van der Waals surface area contributed by atoms with Gasteiger partial charge in [0.05, 0.1) is 11.1 Å². The highest BCUT2D eigenvalue weighted by molar-refractivity contribution is 6.30. The smallest absolute Gasteiger partial charge is 0.254 e. The maximum Gasteiger partial charge on any atom is 0.254 e. The van der Waals surface area contributed by atoms with Crippen LogP contribution in [0.4, 0.5) is 0 Å². The highest BCUT2D eigenvalue weighted by atomic mass is 35.5. The number of hydrogen-bond donors (Lipinski definition) is 0. The number of amides is 1. The molecule has 0 aliphatic carbocycles. The molecule has 0 saturated heterocycles. The van der Waals surface area contributed by atoms with Crippen LogP contribution in [-0.2, 0) is 6.54 Å². The molecule has 3 rings (SSSR count). The summed E-state index contributed by atoms with van der Waals surface area (Å²) in [5.74, 6) is -0.0654. The first-order valence-corrected chi connectivity index (χ1v) is 7.37. The van der Waals surface area contributed by atoms with Crippen molar-refractivity contribution < 1.29 is 4.79 Å². The Bertz CT molecular complexity index is 818. The number of carbonyl (C=O) groups excluding carboxylic acids is 1. The molecule has 3 nitrogen and oxygen atoms in total. The number of carbonyl (C=O) groups is 1. The van der Waals surface area contributed by atoms with Gasteiger partial charge in [0.15, 0.2) is 0 Å². The average molecular weight is 311 g/mol. The fraction of sp³-hybridized carbons (Fsp3) is 0.111. The summed E-state index contributed by atoms with van der Waals surface area (Å²) >= 11 is 6.05. The number of para-hydroxylation sites is 1. The first-order chi connectivity index (χ1) is 10.6. The fourth-order valence-corrected chi connectivity index (χ4v) is 2.65. The van der Waals surface area contributed by atoms with Crippen LogP contribution < -0.4 is 0 Å². The first kappa shape index (κ1) is 14.5.